The molecule has 0 fully saturated rings. The number of nitrogen functional groups attached to an aromatic ring is 1. The van der Waals surface area contributed by atoms with Crippen molar-refractivity contribution in [3.05, 3.63) is 76.3 Å². The maximum Gasteiger partial charge on any atom is 0.105 e. The van der Waals surface area contributed by atoms with Crippen molar-refractivity contribution in [2.45, 2.75) is 25.9 Å². The van der Waals surface area contributed by atoms with Gasteiger partial charge in [0.05, 0.1) is 0 Å². The van der Waals surface area contributed by atoms with Gasteiger partial charge in [0.15, 0.2) is 0 Å². The molecule has 2 heteroatoms. The molecule has 1 atom stereocenters. The van der Waals surface area contributed by atoms with Gasteiger partial charge in [-0.3, -0.25) is 0 Å². The van der Waals surface area contributed by atoms with Crippen LogP contribution in [0.3, 0.4) is 0 Å². The second-order valence-electron chi connectivity index (χ2n) is 6.12. The first-order valence-electron chi connectivity index (χ1n) is 7.73. The van der Waals surface area contributed by atoms with Gasteiger partial charge < -0.3 is 10.8 Å². The van der Waals surface area contributed by atoms with Crippen molar-refractivity contribution in [2.24, 2.45) is 0 Å². The SMILES string of the molecule is Cc1c(N)cccc1[C@@H](O)c1ccc2c3c(cccc13)CC2. The number of aliphatic hydroxyl groups is 1. The Hall–Kier alpha value is -2.32. The molecule has 0 spiro atoms. The average Bonchev–Trinajstić information content (AvgIpc) is 2.95. The van der Waals surface area contributed by atoms with Gasteiger partial charge in [-0.15, -0.1) is 0 Å². The summed E-state index contributed by atoms with van der Waals surface area (Å²) in [6, 6.07) is 16.4. The van der Waals surface area contributed by atoms with Crippen molar-refractivity contribution in [3.8, 4) is 0 Å². The Morgan fingerprint density at radius 3 is 2.45 bits per heavy atom. The molecule has 22 heavy (non-hydrogen) atoms. The Bertz CT molecular complexity index is 872. The number of nitrogens with two attached hydrogens (primary N) is 1. The molecular formula is C20H19NO. The summed E-state index contributed by atoms with van der Waals surface area (Å²) in [6.07, 6.45) is 1.56. The van der Waals surface area contributed by atoms with E-state index < -0.39 is 6.10 Å². The van der Waals surface area contributed by atoms with Crippen molar-refractivity contribution >= 4 is 16.5 Å². The monoisotopic (exact) mass is 289 g/mol. The van der Waals surface area contributed by atoms with Gasteiger partial charge in [-0.2, -0.15) is 0 Å². The lowest BCUT2D eigenvalue weighted by Gasteiger charge is -2.18. The van der Waals surface area contributed by atoms with E-state index in [1.165, 1.54) is 21.9 Å². The maximum atomic E-state index is 10.9. The zero-order chi connectivity index (χ0) is 15.3. The second kappa shape index (κ2) is 4.85. The van der Waals surface area contributed by atoms with Crippen LogP contribution in [0.5, 0.6) is 0 Å². The number of rotatable bonds is 2. The van der Waals surface area contributed by atoms with Crippen LogP contribution in [0, 0.1) is 6.92 Å². The van der Waals surface area contributed by atoms with Crippen LogP contribution in [0.4, 0.5) is 5.69 Å². The Balaban J connectivity index is 1.94. The van der Waals surface area contributed by atoms with E-state index in [9.17, 15) is 5.11 Å². The Morgan fingerprint density at radius 2 is 1.64 bits per heavy atom. The van der Waals surface area contributed by atoms with Gasteiger partial charge in [0, 0.05) is 5.69 Å². The second-order valence-corrected chi connectivity index (χ2v) is 6.12. The molecule has 0 saturated heterocycles. The molecule has 0 heterocycles. The third-order valence-electron chi connectivity index (χ3n) is 4.92. The van der Waals surface area contributed by atoms with Crippen LogP contribution in [0.25, 0.3) is 10.8 Å². The van der Waals surface area contributed by atoms with Crippen molar-refractivity contribution in [2.75, 3.05) is 5.73 Å². The zero-order valence-electron chi connectivity index (χ0n) is 12.6. The third kappa shape index (κ3) is 1.84. The molecule has 0 saturated carbocycles. The average molecular weight is 289 g/mol. The lowest BCUT2D eigenvalue weighted by molar-refractivity contribution is 0.221. The zero-order valence-corrected chi connectivity index (χ0v) is 12.6. The van der Waals surface area contributed by atoms with Crippen LogP contribution in [0.2, 0.25) is 0 Å². The summed E-state index contributed by atoms with van der Waals surface area (Å²) in [6.45, 7) is 1.97. The lowest BCUT2D eigenvalue weighted by atomic mass is 9.91. The molecule has 0 radical (unpaired) electrons. The fourth-order valence-corrected chi connectivity index (χ4v) is 3.64. The maximum absolute atomic E-state index is 10.9. The van der Waals surface area contributed by atoms with E-state index >= 15 is 0 Å². The van der Waals surface area contributed by atoms with Gasteiger partial charge in [0.25, 0.3) is 0 Å². The van der Waals surface area contributed by atoms with Crippen molar-refractivity contribution in [1.82, 2.24) is 0 Å². The molecule has 0 unspecified atom stereocenters. The largest absolute Gasteiger partial charge is 0.399 e. The molecule has 110 valence electrons. The van der Waals surface area contributed by atoms with Gasteiger partial charge >= 0.3 is 0 Å². The standard InChI is InChI=1S/C20H19NO/c1-12-15(5-3-7-18(12)21)20(22)17-11-10-14-9-8-13-4-2-6-16(17)19(13)14/h2-7,10-11,20,22H,8-9,21H2,1H3/t20-/m1/s1. The lowest BCUT2D eigenvalue weighted by Crippen LogP contribution is -2.05. The Kier molecular flexibility index (Phi) is 2.95. The molecule has 3 N–H and O–H groups in total. The highest BCUT2D eigenvalue weighted by atomic mass is 16.3. The molecular weight excluding hydrogens is 270 g/mol. The first-order valence-corrected chi connectivity index (χ1v) is 7.73. The summed E-state index contributed by atoms with van der Waals surface area (Å²) in [5.74, 6) is 0. The highest BCUT2D eigenvalue weighted by Gasteiger charge is 2.21. The predicted octanol–water partition coefficient (Wildman–Crippen LogP) is 3.91. The van der Waals surface area contributed by atoms with Gasteiger partial charge in [-0.05, 0) is 64.4 Å². The van der Waals surface area contributed by atoms with Gasteiger partial charge in [0.1, 0.15) is 6.10 Å². The van der Waals surface area contributed by atoms with Gasteiger partial charge in [-0.1, -0.05) is 42.5 Å². The summed E-state index contributed by atoms with van der Waals surface area (Å²) in [7, 11) is 0. The Morgan fingerprint density at radius 1 is 0.909 bits per heavy atom. The minimum Gasteiger partial charge on any atom is -0.399 e. The third-order valence-corrected chi connectivity index (χ3v) is 4.92. The first-order chi connectivity index (χ1) is 10.7. The van der Waals surface area contributed by atoms with Crippen molar-refractivity contribution in [1.29, 1.82) is 0 Å². The van der Waals surface area contributed by atoms with Crippen LogP contribution in [-0.2, 0) is 12.8 Å². The number of anilines is 1. The summed E-state index contributed by atoms with van der Waals surface area (Å²) in [5, 5.41) is 13.4. The number of hydrogen-bond acceptors (Lipinski definition) is 2. The highest BCUT2D eigenvalue weighted by Crippen LogP contribution is 2.37. The minimum absolute atomic E-state index is 0.645. The molecule has 4 rings (SSSR count). The van der Waals surface area contributed by atoms with E-state index in [1.807, 2.05) is 25.1 Å². The van der Waals surface area contributed by atoms with Gasteiger partial charge in [0.2, 0.25) is 0 Å². The predicted molar refractivity (Wildman–Crippen MR) is 91.0 cm³/mol. The van der Waals surface area contributed by atoms with E-state index in [-0.39, 0.29) is 0 Å². The van der Waals surface area contributed by atoms with Crippen LogP contribution in [-0.4, -0.2) is 5.11 Å². The van der Waals surface area contributed by atoms with Crippen LogP contribution in [0.15, 0.2) is 48.5 Å². The molecule has 0 aromatic heterocycles. The van der Waals surface area contributed by atoms with Crippen molar-refractivity contribution in [3.63, 3.8) is 0 Å². The number of aliphatic hydroxyl groups excluding tert-OH is 1. The quantitative estimate of drug-likeness (QED) is 0.703. The Labute approximate surface area is 130 Å². The molecule has 1 aliphatic carbocycles. The van der Waals surface area contributed by atoms with Crippen LogP contribution >= 0.6 is 0 Å². The topological polar surface area (TPSA) is 46.2 Å². The molecule has 0 amide bonds. The fraction of sp³-hybridized carbons (Fsp3) is 0.200. The number of hydrogen-bond donors (Lipinski definition) is 2. The molecule has 0 bridgehead atoms. The van der Waals surface area contributed by atoms with E-state index in [4.69, 9.17) is 5.73 Å². The van der Waals surface area contributed by atoms with Crippen molar-refractivity contribution < 1.29 is 5.11 Å². The summed E-state index contributed by atoms with van der Waals surface area (Å²) < 4.78 is 0. The van der Waals surface area contributed by atoms with E-state index in [0.29, 0.717) is 0 Å². The molecule has 0 aliphatic heterocycles. The van der Waals surface area contributed by atoms with E-state index in [1.54, 1.807) is 0 Å². The molecule has 3 aromatic rings. The van der Waals surface area contributed by atoms with Gasteiger partial charge in [-0.25, -0.2) is 0 Å². The van der Waals surface area contributed by atoms with E-state index in [2.05, 4.69) is 30.3 Å². The fourth-order valence-electron chi connectivity index (χ4n) is 3.64. The summed E-state index contributed by atoms with van der Waals surface area (Å²) >= 11 is 0. The number of aryl methyl sites for hydroxylation is 2. The summed E-state index contributed by atoms with van der Waals surface area (Å²) in [5.41, 5.74) is 12.3. The smallest absolute Gasteiger partial charge is 0.105 e. The minimum atomic E-state index is -0.645. The summed E-state index contributed by atoms with van der Waals surface area (Å²) in [4.78, 5) is 0. The highest BCUT2D eigenvalue weighted by molar-refractivity contribution is 5.93. The molecule has 1 aliphatic rings. The normalized spacial score (nSPS) is 14.5. The van der Waals surface area contributed by atoms with Crippen LogP contribution < -0.4 is 5.73 Å². The van der Waals surface area contributed by atoms with E-state index in [0.717, 1.165) is 35.2 Å². The first kappa shape index (κ1) is 13.4. The number of benzene rings is 3. The van der Waals surface area contributed by atoms with Crippen LogP contribution in [0.1, 0.15) is 33.9 Å². The molecule has 2 nitrogen and oxygen atoms in total. The molecule has 3 aromatic carbocycles.